The molecule has 2 aromatic rings. The Labute approximate surface area is 116 Å². The van der Waals surface area contributed by atoms with Gasteiger partial charge in [-0.2, -0.15) is 0 Å². The smallest absolute Gasteiger partial charge is 0.337 e. The van der Waals surface area contributed by atoms with E-state index < -0.39 is 12.1 Å². The summed E-state index contributed by atoms with van der Waals surface area (Å²) in [5, 5.41) is 20.2. The number of carbonyl (C=O) groups is 1. The minimum atomic E-state index is -1.52. The van der Waals surface area contributed by atoms with Crippen LogP contribution in [0.25, 0.3) is 10.9 Å². The van der Waals surface area contributed by atoms with E-state index >= 15 is 0 Å². The van der Waals surface area contributed by atoms with Crippen molar-refractivity contribution < 1.29 is 15.0 Å². The van der Waals surface area contributed by atoms with Crippen LogP contribution >= 0.6 is 11.6 Å². The molecule has 0 aliphatic heterocycles. The summed E-state index contributed by atoms with van der Waals surface area (Å²) in [7, 11) is 0. The van der Waals surface area contributed by atoms with Gasteiger partial charge in [0.1, 0.15) is 0 Å². The summed E-state index contributed by atoms with van der Waals surface area (Å²) in [6.07, 6.45) is -1.52. The number of rotatable bonds is 3. The van der Waals surface area contributed by atoms with Crippen LogP contribution in [0.15, 0.2) is 18.2 Å². The molecule has 1 aromatic carbocycles. The number of aliphatic hydroxyl groups is 1. The van der Waals surface area contributed by atoms with Gasteiger partial charge in [-0.3, -0.25) is 0 Å². The fraction of sp³-hybridized carbons (Fsp3) is 0.357. The molecule has 102 valence electrons. The van der Waals surface area contributed by atoms with Crippen LogP contribution in [0.4, 0.5) is 0 Å². The summed E-state index contributed by atoms with van der Waals surface area (Å²) in [6, 6.07) is 5.40. The van der Waals surface area contributed by atoms with Gasteiger partial charge in [-0.15, -0.1) is 0 Å². The summed E-state index contributed by atoms with van der Waals surface area (Å²) in [6.45, 7) is 5.82. The van der Waals surface area contributed by atoms with Crippen LogP contribution in [0.3, 0.4) is 0 Å². The second-order valence-corrected chi connectivity index (χ2v) is 5.30. The third kappa shape index (κ3) is 2.22. The molecule has 0 radical (unpaired) electrons. The summed E-state index contributed by atoms with van der Waals surface area (Å²) in [5.74, 6) is -1.25. The molecule has 0 bridgehead atoms. The topological polar surface area (TPSA) is 62.5 Å². The molecule has 1 aromatic heterocycles. The Morgan fingerprint density at radius 2 is 2.00 bits per heavy atom. The maximum atomic E-state index is 11.1. The van der Waals surface area contributed by atoms with Crippen molar-refractivity contribution in [2.24, 2.45) is 0 Å². The van der Waals surface area contributed by atoms with Crippen LogP contribution in [0, 0.1) is 6.92 Å². The van der Waals surface area contributed by atoms with Crippen LogP contribution in [0.5, 0.6) is 0 Å². The van der Waals surface area contributed by atoms with Gasteiger partial charge in [-0.25, -0.2) is 4.79 Å². The number of nitrogens with zero attached hydrogens (tertiary/aromatic N) is 1. The van der Waals surface area contributed by atoms with E-state index in [9.17, 15) is 9.90 Å². The summed E-state index contributed by atoms with van der Waals surface area (Å²) in [4.78, 5) is 11.1. The molecule has 1 unspecified atom stereocenters. The predicted octanol–water partition coefficient (Wildman–Crippen LogP) is 3.30. The van der Waals surface area contributed by atoms with Crippen molar-refractivity contribution in [1.82, 2.24) is 4.57 Å². The fourth-order valence-electron chi connectivity index (χ4n) is 2.57. The molecular formula is C14H16ClNO3. The molecular weight excluding hydrogens is 266 g/mol. The largest absolute Gasteiger partial charge is 0.479 e. The van der Waals surface area contributed by atoms with E-state index in [4.69, 9.17) is 16.7 Å². The minimum Gasteiger partial charge on any atom is -0.479 e. The SMILES string of the molecule is Cc1c(C(O)C(=O)O)c2ccc(Cl)cc2n1C(C)C. The van der Waals surface area contributed by atoms with Crippen LogP contribution in [0.1, 0.15) is 37.3 Å². The zero-order valence-corrected chi connectivity index (χ0v) is 11.8. The van der Waals surface area contributed by atoms with E-state index in [1.165, 1.54) is 0 Å². The van der Waals surface area contributed by atoms with E-state index in [0.717, 1.165) is 16.6 Å². The first-order valence-electron chi connectivity index (χ1n) is 6.05. The van der Waals surface area contributed by atoms with Gasteiger partial charge >= 0.3 is 5.97 Å². The number of hydrogen-bond donors (Lipinski definition) is 2. The van der Waals surface area contributed by atoms with Crippen molar-refractivity contribution in [3.8, 4) is 0 Å². The highest BCUT2D eigenvalue weighted by Gasteiger charge is 2.25. The van der Waals surface area contributed by atoms with Crippen LogP contribution in [-0.4, -0.2) is 20.7 Å². The molecule has 0 saturated heterocycles. The average molecular weight is 282 g/mol. The number of fused-ring (bicyclic) bond motifs is 1. The molecule has 2 rings (SSSR count). The molecule has 1 atom stereocenters. The second kappa shape index (κ2) is 4.87. The number of halogens is 1. The molecule has 2 N–H and O–H groups in total. The number of carboxylic acids is 1. The molecule has 1 heterocycles. The van der Waals surface area contributed by atoms with Crippen molar-refractivity contribution in [2.45, 2.75) is 32.9 Å². The number of aliphatic hydroxyl groups excluding tert-OH is 1. The first-order valence-corrected chi connectivity index (χ1v) is 6.43. The Balaban J connectivity index is 2.85. The Hall–Kier alpha value is -1.52. The number of aliphatic carboxylic acids is 1. The number of carboxylic acid groups (broad SMARTS) is 1. The second-order valence-electron chi connectivity index (χ2n) is 4.87. The maximum absolute atomic E-state index is 11.1. The van der Waals surface area contributed by atoms with Gasteiger partial charge in [0.2, 0.25) is 0 Å². The third-order valence-corrected chi connectivity index (χ3v) is 3.52. The summed E-state index contributed by atoms with van der Waals surface area (Å²) < 4.78 is 1.99. The lowest BCUT2D eigenvalue weighted by Crippen LogP contribution is -2.12. The lowest BCUT2D eigenvalue weighted by Gasteiger charge is -2.13. The van der Waals surface area contributed by atoms with E-state index in [1.54, 1.807) is 18.2 Å². The first-order chi connectivity index (χ1) is 8.84. The molecule has 0 amide bonds. The Kier molecular flexibility index (Phi) is 3.56. The quantitative estimate of drug-likeness (QED) is 0.907. The molecule has 0 fully saturated rings. The Morgan fingerprint density at radius 3 is 2.53 bits per heavy atom. The van der Waals surface area contributed by atoms with Crippen molar-refractivity contribution in [3.05, 3.63) is 34.5 Å². The van der Waals surface area contributed by atoms with Crippen molar-refractivity contribution >= 4 is 28.5 Å². The fourth-order valence-corrected chi connectivity index (χ4v) is 2.74. The molecule has 0 aliphatic rings. The van der Waals surface area contributed by atoms with Crippen molar-refractivity contribution in [3.63, 3.8) is 0 Å². The average Bonchev–Trinajstić information content (AvgIpc) is 2.59. The molecule has 5 heteroatoms. The van der Waals surface area contributed by atoms with Gasteiger partial charge in [0.05, 0.1) is 5.52 Å². The molecule has 19 heavy (non-hydrogen) atoms. The van der Waals surface area contributed by atoms with Crippen LogP contribution in [-0.2, 0) is 4.79 Å². The monoisotopic (exact) mass is 281 g/mol. The van der Waals surface area contributed by atoms with E-state index in [-0.39, 0.29) is 6.04 Å². The summed E-state index contributed by atoms with van der Waals surface area (Å²) >= 11 is 6.01. The summed E-state index contributed by atoms with van der Waals surface area (Å²) in [5.41, 5.74) is 2.03. The third-order valence-electron chi connectivity index (χ3n) is 3.28. The highest BCUT2D eigenvalue weighted by atomic mass is 35.5. The highest BCUT2D eigenvalue weighted by Crippen LogP contribution is 2.34. The molecule has 0 spiro atoms. The molecule has 4 nitrogen and oxygen atoms in total. The van der Waals surface area contributed by atoms with E-state index in [1.807, 2.05) is 25.3 Å². The van der Waals surface area contributed by atoms with Crippen LogP contribution < -0.4 is 0 Å². The Morgan fingerprint density at radius 1 is 1.37 bits per heavy atom. The highest BCUT2D eigenvalue weighted by molar-refractivity contribution is 6.31. The normalized spacial score (nSPS) is 13.2. The standard InChI is InChI=1S/C14H16ClNO3/c1-7(2)16-8(3)12(13(17)14(18)19)10-5-4-9(15)6-11(10)16/h4-7,13,17H,1-3H3,(H,18,19). The number of benzene rings is 1. The van der Waals surface area contributed by atoms with Gasteiger partial charge in [0.15, 0.2) is 6.10 Å². The lowest BCUT2D eigenvalue weighted by atomic mass is 10.1. The maximum Gasteiger partial charge on any atom is 0.337 e. The van der Waals surface area contributed by atoms with Crippen LogP contribution in [0.2, 0.25) is 5.02 Å². The first kappa shape index (κ1) is 13.9. The van der Waals surface area contributed by atoms with Gasteiger partial charge in [0, 0.05) is 27.7 Å². The zero-order valence-electron chi connectivity index (χ0n) is 11.0. The molecule has 0 aliphatic carbocycles. The van der Waals surface area contributed by atoms with Gasteiger partial charge in [-0.05, 0) is 32.9 Å². The van der Waals surface area contributed by atoms with Crippen molar-refractivity contribution in [2.75, 3.05) is 0 Å². The van der Waals surface area contributed by atoms with Crippen molar-refractivity contribution in [1.29, 1.82) is 0 Å². The van der Waals surface area contributed by atoms with E-state index in [0.29, 0.717) is 10.6 Å². The predicted molar refractivity (Wildman–Crippen MR) is 74.7 cm³/mol. The van der Waals surface area contributed by atoms with Gasteiger partial charge < -0.3 is 14.8 Å². The van der Waals surface area contributed by atoms with Gasteiger partial charge in [0.25, 0.3) is 0 Å². The minimum absolute atomic E-state index is 0.149. The lowest BCUT2D eigenvalue weighted by molar-refractivity contribution is -0.146. The van der Waals surface area contributed by atoms with E-state index in [2.05, 4.69) is 0 Å². The number of hydrogen-bond acceptors (Lipinski definition) is 2. The van der Waals surface area contributed by atoms with Gasteiger partial charge in [-0.1, -0.05) is 17.7 Å². The zero-order chi connectivity index (χ0) is 14.3. The molecule has 0 saturated carbocycles. The Bertz CT molecular complexity index is 646. The number of aromatic nitrogens is 1.